The van der Waals surface area contributed by atoms with Crippen LogP contribution < -0.4 is 0 Å². The van der Waals surface area contributed by atoms with Crippen molar-refractivity contribution in [2.75, 3.05) is 13.2 Å². The molecular formula is C11H11N3O. The Balaban J connectivity index is 2.81. The molecule has 0 unspecified atom stereocenters. The lowest BCUT2D eigenvalue weighted by molar-refractivity contribution is 0.299. The number of hydrogen-bond acceptors (Lipinski definition) is 2. The predicted molar refractivity (Wildman–Crippen MR) is 58.1 cm³/mol. The van der Waals surface area contributed by atoms with Gasteiger partial charge in [0.25, 0.3) is 0 Å². The van der Waals surface area contributed by atoms with Crippen molar-refractivity contribution >= 4 is 0 Å². The van der Waals surface area contributed by atoms with E-state index in [1.54, 1.807) is 0 Å². The van der Waals surface area contributed by atoms with Gasteiger partial charge in [-0.2, -0.15) is 0 Å². The van der Waals surface area contributed by atoms with E-state index in [9.17, 15) is 0 Å². The number of aliphatic hydroxyl groups is 1. The number of nitrogens with zero attached hydrogens (tertiary/aromatic N) is 3. The molecule has 0 fully saturated rings. The van der Waals surface area contributed by atoms with Crippen molar-refractivity contribution < 1.29 is 5.11 Å². The van der Waals surface area contributed by atoms with Crippen LogP contribution in [-0.2, 0) is 6.42 Å². The van der Waals surface area contributed by atoms with E-state index in [0.717, 1.165) is 11.1 Å². The summed E-state index contributed by atoms with van der Waals surface area (Å²) in [6, 6.07) is 7.60. The average Bonchev–Trinajstić information content (AvgIpc) is 2.27. The average molecular weight is 201 g/mol. The Morgan fingerprint density at radius 3 is 2.93 bits per heavy atom. The second-order valence-electron chi connectivity index (χ2n) is 2.82. The van der Waals surface area contributed by atoms with E-state index < -0.39 is 0 Å². The first-order valence-electron chi connectivity index (χ1n) is 4.57. The van der Waals surface area contributed by atoms with Crippen LogP contribution in [0.4, 0.5) is 0 Å². The molecule has 0 saturated heterocycles. The molecular weight excluding hydrogens is 190 g/mol. The molecule has 0 saturated carbocycles. The third kappa shape index (κ3) is 3.74. The lowest BCUT2D eigenvalue weighted by Gasteiger charge is -2.00. The first kappa shape index (κ1) is 11.1. The van der Waals surface area contributed by atoms with Gasteiger partial charge in [-0.3, -0.25) is 0 Å². The Kier molecular flexibility index (Phi) is 4.82. The van der Waals surface area contributed by atoms with Crippen LogP contribution in [-0.4, -0.2) is 18.3 Å². The lowest BCUT2D eigenvalue weighted by Crippen LogP contribution is -1.93. The summed E-state index contributed by atoms with van der Waals surface area (Å²) >= 11 is 0. The van der Waals surface area contributed by atoms with Crippen LogP contribution in [0, 0.1) is 11.8 Å². The Hall–Kier alpha value is -1.95. The van der Waals surface area contributed by atoms with Crippen molar-refractivity contribution in [2.45, 2.75) is 6.42 Å². The molecule has 0 aliphatic heterocycles. The third-order valence-corrected chi connectivity index (χ3v) is 1.83. The van der Waals surface area contributed by atoms with E-state index in [2.05, 4.69) is 21.9 Å². The van der Waals surface area contributed by atoms with Crippen molar-refractivity contribution in [3.63, 3.8) is 0 Å². The summed E-state index contributed by atoms with van der Waals surface area (Å²) in [5.41, 5.74) is 9.94. The summed E-state index contributed by atoms with van der Waals surface area (Å²) in [5, 5.41) is 12.2. The molecule has 1 rings (SSSR count). The minimum absolute atomic E-state index is 0.106. The molecule has 1 aromatic carbocycles. The normalized spacial score (nSPS) is 8.60. The smallest absolute Gasteiger partial charge is 0.0880 e. The van der Waals surface area contributed by atoms with E-state index in [0.29, 0.717) is 6.42 Å². The van der Waals surface area contributed by atoms with Crippen molar-refractivity contribution in [1.29, 1.82) is 0 Å². The molecule has 1 N–H and O–H groups in total. The van der Waals surface area contributed by atoms with Gasteiger partial charge in [0.2, 0.25) is 0 Å². The van der Waals surface area contributed by atoms with E-state index in [1.807, 2.05) is 24.3 Å². The molecule has 0 spiro atoms. The molecule has 4 nitrogen and oxygen atoms in total. The fourth-order valence-corrected chi connectivity index (χ4v) is 1.18. The Bertz CT molecular complexity index is 425. The minimum Gasteiger partial charge on any atom is -0.396 e. The van der Waals surface area contributed by atoms with Crippen molar-refractivity contribution in [2.24, 2.45) is 5.11 Å². The SMILES string of the molecule is [N-]=[N+]=NCC#Cc1ccccc1CCO. The van der Waals surface area contributed by atoms with Crippen molar-refractivity contribution in [3.8, 4) is 11.8 Å². The maximum Gasteiger partial charge on any atom is 0.0880 e. The maximum atomic E-state index is 8.84. The quantitative estimate of drug-likeness (QED) is 0.345. The van der Waals surface area contributed by atoms with Gasteiger partial charge in [0.1, 0.15) is 0 Å². The van der Waals surface area contributed by atoms with Gasteiger partial charge in [-0.1, -0.05) is 35.2 Å². The lowest BCUT2D eigenvalue weighted by atomic mass is 10.1. The van der Waals surface area contributed by atoms with Gasteiger partial charge in [0.15, 0.2) is 0 Å². The molecule has 0 heterocycles. The molecule has 0 atom stereocenters. The van der Waals surface area contributed by atoms with E-state index >= 15 is 0 Å². The molecule has 0 radical (unpaired) electrons. The van der Waals surface area contributed by atoms with Crippen LogP contribution in [0.5, 0.6) is 0 Å². The highest BCUT2D eigenvalue weighted by Gasteiger charge is 1.96. The van der Waals surface area contributed by atoms with Crippen molar-refractivity contribution in [1.82, 2.24) is 0 Å². The largest absolute Gasteiger partial charge is 0.396 e. The standard InChI is InChI=1S/C11H11N3O/c12-14-13-8-3-6-10-4-1-2-5-11(10)7-9-15/h1-2,4-5,15H,7-9H2. The number of aliphatic hydroxyl groups excluding tert-OH is 1. The Morgan fingerprint density at radius 1 is 1.40 bits per heavy atom. The van der Waals surface area contributed by atoms with Crippen LogP contribution in [0.15, 0.2) is 29.4 Å². The summed E-state index contributed by atoms with van der Waals surface area (Å²) in [7, 11) is 0. The molecule has 0 aliphatic rings. The summed E-state index contributed by atoms with van der Waals surface area (Å²) in [6.45, 7) is 0.277. The summed E-state index contributed by atoms with van der Waals surface area (Å²) in [4.78, 5) is 2.61. The van der Waals surface area contributed by atoms with Gasteiger partial charge < -0.3 is 5.11 Å². The third-order valence-electron chi connectivity index (χ3n) is 1.83. The second-order valence-corrected chi connectivity index (χ2v) is 2.82. The van der Waals surface area contributed by atoms with Crippen LogP contribution in [0.1, 0.15) is 11.1 Å². The Morgan fingerprint density at radius 2 is 2.20 bits per heavy atom. The minimum atomic E-state index is 0.106. The fourth-order valence-electron chi connectivity index (χ4n) is 1.18. The molecule has 76 valence electrons. The Labute approximate surface area is 88.2 Å². The van der Waals surface area contributed by atoms with Crippen molar-refractivity contribution in [3.05, 3.63) is 45.8 Å². The van der Waals surface area contributed by atoms with Crippen LogP contribution >= 0.6 is 0 Å². The second kappa shape index (κ2) is 6.50. The molecule has 1 aromatic rings. The fraction of sp³-hybridized carbons (Fsp3) is 0.273. The van der Waals surface area contributed by atoms with Gasteiger partial charge >= 0.3 is 0 Å². The highest BCUT2D eigenvalue weighted by Crippen LogP contribution is 2.07. The topological polar surface area (TPSA) is 69.0 Å². The first-order chi connectivity index (χ1) is 7.38. The van der Waals surface area contributed by atoms with Gasteiger partial charge in [-0.15, -0.1) is 0 Å². The monoisotopic (exact) mass is 201 g/mol. The zero-order valence-corrected chi connectivity index (χ0v) is 8.22. The summed E-state index contributed by atoms with van der Waals surface area (Å²) < 4.78 is 0. The number of benzene rings is 1. The molecule has 0 aromatic heterocycles. The van der Waals surface area contributed by atoms with Crippen LogP contribution in [0.2, 0.25) is 0 Å². The maximum absolute atomic E-state index is 8.84. The summed E-state index contributed by atoms with van der Waals surface area (Å²) in [6.07, 6.45) is 0.590. The zero-order valence-electron chi connectivity index (χ0n) is 8.22. The van der Waals surface area contributed by atoms with Gasteiger partial charge in [-0.25, -0.2) is 0 Å². The predicted octanol–water partition coefficient (Wildman–Crippen LogP) is 1.88. The van der Waals surface area contributed by atoms with E-state index in [1.165, 1.54) is 0 Å². The van der Waals surface area contributed by atoms with Gasteiger partial charge in [0, 0.05) is 17.1 Å². The number of hydrogen-bond donors (Lipinski definition) is 1. The zero-order chi connectivity index (χ0) is 10.9. The molecule has 15 heavy (non-hydrogen) atoms. The molecule has 0 bridgehead atoms. The van der Waals surface area contributed by atoms with Gasteiger partial charge in [0.05, 0.1) is 6.54 Å². The number of azide groups is 1. The first-order valence-corrected chi connectivity index (χ1v) is 4.57. The highest BCUT2D eigenvalue weighted by molar-refractivity contribution is 5.41. The summed E-state index contributed by atoms with van der Waals surface area (Å²) in [5.74, 6) is 5.66. The van der Waals surface area contributed by atoms with E-state index in [4.69, 9.17) is 10.6 Å². The highest BCUT2D eigenvalue weighted by atomic mass is 16.2. The number of rotatable bonds is 3. The molecule has 0 amide bonds. The van der Waals surface area contributed by atoms with Crippen LogP contribution in [0.3, 0.4) is 0 Å². The van der Waals surface area contributed by atoms with Gasteiger partial charge in [-0.05, 0) is 23.6 Å². The molecule has 0 aliphatic carbocycles. The van der Waals surface area contributed by atoms with E-state index in [-0.39, 0.29) is 13.2 Å². The van der Waals surface area contributed by atoms with Crippen LogP contribution in [0.25, 0.3) is 10.4 Å². The molecule has 4 heteroatoms.